The molecule has 1 aromatic heterocycles. The van der Waals surface area contributed by atoms with Crippen molar-refractivity contribution in [3.05, 3.63) is 81.8 Å². The zero-order valence-electron chi connectivity index (χ0n) is 16.8. The minimum Gasteiger partial charge on any atom is -0.497 e. The highest BCUT2D eigenvalue weighted by atomic mass is 32.2. The summed E-state index contributed by atoms with van der Waals surface area (Å²) in [4.78, 5) is 31.4. The van der Waals surface area contributed by atoms with Gasteiger partial charge in [0.05, 0.1) is 26.3 Å². The van der Waals surface area contributed by atoms with E-state index in [1.54, 1.807) is 14.2 Å². The lowest BCUT2D eigenvalue weighted by atomic mass is 10.2. The van der Waals surface area contributed by atoms with Gasteiger partial charge in [-0.3, -0.25) is 9.59 Å². The van der Waals surface area contributed by atoms with Crippen LogP contribution < -0.4 is 20.3 Å². The van der Waals surface area contributed by atoms with Crippen molar-refractivity contribution in [2.24, 2.45) is 0 Å². The number of aromatic amines is 1. The zero-order valence-corrected chi connectivity index (χ0v) is 17.6. The summed E-state index contributed by atoms with van der Waals surface area (Å²) >= 11 is 1.40. The van der Waals surface area contributed by atoms with Gasteiger partial charge in [-0.15, -0.1) is 0 Å². The Balaban J connectivity index is 1.57. The number of thioether (sulfide) groups is 1. The average molecular weight is 426 g/mol. The van der Waals surface area contributed by atoms with E-state index in [-0.39, 0.29) is 17.9 Å². The highest BCUT2D eigenvalue weighted by Gasteiger charge is 2.09. The summed E-state index contributed by atoms with van der Waals surface area (Å²) in [7, 11) is 3.23. The van der Waals surface area contributed by atoms with Crippen molar-refractivity contribution in [1.82, 2.24) is 15.3 Å². The summed E-state index contributed by atoms with van der Waals surface area (Å²) in [5, 5.41) is 3.32. The van der Waals surface area contributed by atoms with Crippen molar-refractivity contribution in [3.63, 3.8) is 0 Å². The molecule has 0 fully saturated rings. The molecule has 2 aromatic carbocycles. The van der Waals surface area contributed by atoms with E-state index in [0.29, 0.717) is 23.1 Å². The van der Waals surface area contributed by atoms with Gasteiger partial charge in [-0.2, -0.15) is 0 Å². The molecule has 0 saturated heterocycles. The van der Waals surface area contributed by atoms with Gasteiger partial charge in [0.15, 0.2) is 5.16 Å². The number of hydrogen-bond acceptors (Lipinski definition) is 6. The molecule has 0 bridgehead atoms. The van der Waals surface area contributed by atoms with Crippen LogP contribution in [0.4, 0.5) is 0 Å². The third kappa shape index (κ3) is 6.38. The Labute approximate surface area is 178 Å². The number of hydrogen-bond donors (Lipinski definition) is 2. The topological polar surface area (TPSA) is 93.3 Å². The molecule has 1 heterocycles. The van der Waals surface area contributed by atoms with Gasteiger partial charge in [0.1, 0.15) is 11.5 Å². The molecule has 0 aliphatic rings. The molecule has 3 aromatic rings. The van der Waals surface area contributed by atoms with Crippen molar-refractivity contribution in [3.8, 4) is 11.5 Å². The monoisotopic (exact) mass is 425 g/mol. The lowest BCUT2D eigenvalue weighted by Gasteiger charge is -2.07. The molecule has 0 aliphatic carbocycles. The van der Waals surface area contributed by atoms with E-state index < -0.39 is 0 Å². The molecule has 0 unspecified atom stereocenters. The molecule has 0 atom stereocenters. The van der Waals surface area contributed by atoms with E-state index in [1.807, 2.05) is 48.5 Å². The van der Waals surface area contributed by atoms with Gasteiger partial charge in [-0.1, -0.05) is 36.0 Å². The summed E-state index contributed by atoms with van der Waals surface area (Å²) in [5.74, 6) is 1.95. The first-order valence-electron chi connectivity index (χ1n) is 9.31. The number of aromatic nitrogens is 2. The first kappa shape index (κ1) is 21.4. The van der Waals surface area contributed by atoms with Crippen molar-refractivity contribution in [2.75, 3.05) is 14.2 Å². The molecule has 30 heavy (non-hydrogen) atoms. The largest absolute Gasteiger partial charge is 0.497 e. The van der Waals surface area contributed by atoms with Crippen molar-refractivity contribution >= 4 is 17.7 Å². The summed E-state index contributed by atoms with van der Waals surface area (Å²) in [6.07, 6.45) is 0.0345. The molecule has 0 aliphatic heterocycles. The Bertz CT molecular complexity index is 1050. The second kappa shape index (κ2) is 10.5. The molecule has 8 heteroatoms. The van der Waals surface area contributed by atoms with Crippen LogP contribution in [0.3, 0.4) is 0 Å². The Hall–Kier alpha value is -3.26. The minimum atomic E-state index is -0.281. The van der Waals surface area contributed by atoms with Crippen LogP contribution in [0.2, 0.25) is 0 Å². The van der Waals surface area contributed by atoms with Gasteiger partial charge in [0.2, 0.25) is 5.91 Å². The molecule has 0 saturated carbocycles. The number of nitrogens with zero attached hydrogens (tertiary/aromatic N) is 1. The Morgan fingerprint density at radius 3 is 2.53 bits per heavy atom. The van der Waals surface area contributed by atoms with Crippen LogP contribution in [-0.4, -0.2) is 30.1 Å². The molecular formula is C22H23N3O4S. The van der Waals surface area contributed by atoms with Gasteiger partial charge >= 0.3 is 0 Å². The number of methoxy groups -OCH3 is 2. The maximum absolute atomic E-state index is 12.3. The smallest absolute Gasteiger partial charge is 0.251 e. The number of benzene rings is 2. The van der Waals surface area contributed by atoms with E-state index in [1.165, 1.54) is 17.8 Å². The quantitative estimate of drug-likeness (QED) is 0.404. The van der Waals surface area contributed by atoms with Gasteiger partial charge in [0, 0.05) is 18.4 Å². The number of rotatable bonds is 9. The number of carbonyl (C=O) groups excluding carboxylic acids is 1. The van der Waals surface area contributed by atoms with E-state index in [9.17, 15) is 9.59 Å². The second-order valence-electron chi connectivity index (χ2n) is 6.48. The van der Waals surface area contributed by atoms with Crippen LogP contribution in [-0.2, 0) is 23.5 Å². The first-order chi connectivity index (χ1) is 14.6. The maximum atomic E-state index is 12.3. The minimum absolute atomic E-state index is 0.0345. The molecule has 0 radical (unpaired) electrons. The number of H-pyrrole nitrogens is 1. The van der Waals surface area contributed by atoms with Crippen molar-refractivity contribution in [2.45, 2.75) is 23.9 Å². The van der Waals surface area contributed by atoms with Gasteiger partial charge in [0.25, 0.3) is 5.56 Å². The van der Waals surface area contributed by atoms with Crippen LogP contribution in [0.5, 0.6) is 11.5 Å². The Morgan fingerprint density at radius 2 is 1.80 bits per heavy atom. The fourth-order valence-corrected chi connectivity index (χ4v) is 3.56. The van der Waals surface area contributed by atoms with Crippen LogP contribution in [0.15, 0.2) is 64.5 Å². The summed E-state index contributed by atoms with van der Waals surface area (Å²) in [6.45, 7) is 0.392. The standard InChI is InChI=1S/C22H23N3O4S/c1-28-18-8-6-15(7-9-18)13-23-20(26)11-17-12-21(27)25-22(24-17)30-14-16-4-3-5-19(10-16)29-2/h3-10,12H,11,13-14H2,1-2H3,(H,23,26)(H,24,25,27). The van der Waals surface area contributed by atoms with Crippen LogP contribution in [0, 0.1) is 0 Å². The maximum Gasteiger partial charge on any atom is 0.251 e. The van der Waals surface area contributed by atoms with E-state index in [4.69, 9.17) is 9.47 Å². The fourth-order valence-electron chi connectivity index (χ4n) is 2.73. The zero-order chi connectivity index (χ0) is 21.3. The third-order valence-electron chi connectivity index (χ3n) is 4.27. The second-order valence-corrected chi connectivity index (χ2v) is 7.45. The van der Waals surface area contributed by atoms with Crippen molar-refractivity contribution in [1.29, 1.82) is 0 Å². The molecule has 156 valence electrons. The SMILES string of the molecule is COc1ccc(CNC(=O)Cc2cc(=O)[nH]c(SCc3cccc(OC)c3)n2)cc1. The average Bonchev–Trinajstić information content (AvgIpc) is 2.76. The predicted molar refractivity (Wildman–Crippen MR) is 116 cm³/mol. The van der Waals surface area contributed by atoms with Crippen molar-refractivity contribution < 1.29 is 14.3 Å². The van der Waals surface area contributed by atoms with Gasteiger partial charge in [-0.05, 0) is 35.4 Å². The molecule has 7 nitrogen and oxygen atoms in total. The number of carbonyl (C=O) groups is 1. The molecule has 3 rings (SSSR count). The molecular weight excluding hydrogens is 402 g/mol. The number of ether oxygens (including phenoxy) is 2. The third-order valence-corrected chi connectivity index (χ3v) is 5.22. The van der Waals surface area contributed by atoms with Crippen LogP contribution >= 0.6 is 11.8 Å². The number of nitrogens with one attached hydrogen (secondary N) is 2. The summed E-state index contributed by atoms with van der Waals surface area (Å²) in [5.41, 5.74) is 2.15. The van der Waals surface area contributed by atoms with Gasteiger partial charge < -0.3 is 19.8 Å². The van der Waals surface area contributed by atoms with E-state index >= 15 is 0 Å². The van der Waals surface area contributed by atoms with Crippen LogP contribution in [0.1, 0.15) is 16.8 Å². The fraction of sp³-hybridized carbons (Fsp3) is 0.227. The normalized spacial score (nSPS) is 10.5. The summed E-state index contributed by atoms with van der Waals surface area (Å²) < 4.78 is 10.3. The summed E-state index contributed by atoms with van der Waals surface area (Å²) in [6, 6.07) is 16.5. The van der Waals surface area contributed by atoms with E-state index in [0.717, 1.165) is 22.6 Å². The Morgan fingerprint density at radius 1 is 1.03 bits per heavy atom. The molecule has 1 amide bonds. The highest BCUT2D eigenvalue weighted by Crippen LogP contribution is 2.21. The lowest BCUT2D eigenvalue weighted by molar-refractivity contribution is -0.120. The Kier molecular flexibility index (Phi) is 7.51. The predicted octanol–water partition coefficient (Wildman–Crippen LogP) is 2.94. The lowest BCUT2D eigenvalue weighted by Crippen LogP contribution is -2.25. The molecule has 2 N–H and O–H groups in total. The highest BCUT2D eigenvalue weighted by molar-refractivity contribution is 7.98. The van der Waals surface area contributed by atoms with E-state index in [2.05, 4.69) is 15.3 Å². The first-order valence-corrected chi connectivity index (χ1v) is 10.3. The molecule has 0 spiro atoms. The number of amides is 1. The van der Waals surface area contributed by atoms with Crippen LogP contribution in [0.25, 0.3) is 0 Å². The van der Waals surface area contributed by atoms with Gasteiger partial charge in [-0.25, -0.2) is 4.98 Å².